The zero-order chi connectivity index (χ0) is 24.9. The predicted molar refractivity (Wildman–Crippen MR) is 135 cm³/mol. The summed E-state index contributed by atoms with van der Waals surface area (Å²) in [4.78, 5) is 33.5. The molecule has 2 heterocycles. The minimum absolute atomic E-state index is 0.320. The van der Waals surface area contributed by atoms with Gasteiger partial charge < -0.3 is 24.5 Å². The maximum absolute atomic E-state index is 13.2. The standard InChI is InChI=1S/C26H27N3O5S/c1-5-35-26-28-23-22(24(30)29-26)21(20(15(2)27-23)25(31)33-4)17-11-12-18(32-3)19(13-17)34-14-16-9-7-6-8-10-16/h6-13,21H,5,14H2,1-4H3,(H2,27,28,29,30). The van der Waals surface area contributed by atoms with Crippen LogP contribution in [0.5, 0.6) is 11.5 Å². The average Bonchev–Trinajstić information content (AvgIpc) is 2.86. The fourth-order valence-corrected chi connectivity index (χ4v) is 4.67. The number of ether oxygens (including phenoxy) is 3. The first-order chi connectivity index (χ1) is 17.0. The van der Waals surface area contributed by atoms with Crippen LogP contribution in [0.2, 0.25) is 0 Å². The van der Waals surface area contributed by atoms with Gasteiger partial charge in [-0.1, -0.05) is 55.1 Å². The smallest absolute Gasteiger partial charge is 0.336 e. The number of benzene rings is 2. The second-order valence-corrected chi connectivity index (χ2v) is 9.09. The molecule has 182 valence electrons. The Morgan fingerprint density at radius 2 is 1.89 bits per heavy atom. The van der Waals surface area contributed by atoms with Crippen LogP contribution in [-0.4, -0.2) is 35.9 Å². The number of aromatic amines is 1. The second-order valence-electron chi connectivity index (χ2n) is 7.84. The molecule has 9 heteroatoms. The van der Waals surface area contributed by atoms with Gasteiger partial charge in [-0.15, -0.1) is 0 Å². The van der Waals surface area contributed by atoms with Crippen molar-refractivity contribution in [3.63, 3.8) is 0 Å². The number of hydrogen-bond donors (Lipinski definition) is 2. The van der Waals surface area contributed by atoms with Gasteiger partial charge in [-0.2, -0.15) is 0 Å². The lowest BCUT2D eigenvalue weighted by Crippen LogP contribution is -2.31. The van der Waals surface area contributed by atoms with Crippen molar-refractivity contribution in [2.45, 2.75) is 31.5 Å². The van der Waals surface area contributed by atoms with E-state index in [1.165, 1.54) is 18.9 Å². The van der Waals surface area contributed by atoms with Crippen molar-refractivity contribution in [3.8, 4) is 11.5 Å². The first-order valence-electron chi connectivity index (χ1n) is 11.1. The molecule has 35 heavy (non-hydrogen) atoms. The third kappa shape index (κ3) is 5.05. The lowest BCUT2D eigenvalue weighted by atomic mass is 9.82. The van der Waals surface area contributed by atoms with Gasteiger partial charge in [0.2, 0.25) is 0 Å². The highest BCUT2D eigenvalue weighted by molar-refractivity contribution is 7.99. The summed E-state index contributed by atoms with van der Waals surface area (Å²) in [6.07, 6.45) is 0. The zero-order valence-corrected chi connectivity index (χ0v) is 20.8. The Balaban J connectivity index is 1.83. The maximum atomic E-state index is 13.2. The van der Waals surface area contributed by atoms with Crippen molar-refractivity contribution in [2.24, 2.45) is 0 Å². The number of carbonyl (C=O) groups is 1. The van der Waals surface area contributed by atoms with Crippen LogP contribution in [0.25, 0.3) is 0 Å². The van der Waals surface area contributed by atoms with E-state index in [1.54, 1.807) is 26.2 Å². The van der Waals surface area contributed by atoms with Crippen molar-refractivity contribution in [3.05, 3.63) is 86.8 Å². The van der Waals surface area contributed by atoms with E-state index in [-0.39, 0.29) is 5.56 Å². The summed E-state index contributed by atoms with van der Waals surface area (Å²) in [6, 6.07) is 15.2. The molecule has 0 spiro atoms. The van der Waals surface area contributed by atoms with E-state index >= 15 is 0 Å². The van der Waals surface area contributed by atoms with Gasteiger partial charge in [-0.25, -0.2) is 9.78 Å². The molecular formula is C26H27N3O5S. The molecule has 2 N–H and O–H groups in total. The zero-order valence-electron chi connectivity index (χ0n) is 20.0. The normalized spacial score (nSPS) is 14.7. The molecule has 1 aromatic heterocycles. The van der Waals surface area contributed by atoms with Crippen LogP contribution in [0.4, 0.5) is 5.82 Å². The minimum atomic E-state index is -0.708. The summed E-state index contributed by atoms with van der Waals surface area (Å²) in [6.45, 7) is 4.09. The Kier molecular flexibility index (Phi) is 7.45. The molecule has 0 radical (unpaired) electrons. The number of esters is 1. The SMILES string of the molecule is CCSc1nc2c(c(=O)[nH]1)C(c1ccc(OC)c(OCc3ccccc3)c1)C(C(=O)OC)=C(C)N2. The highest BCUT2D eigenvalue weighted by Crippen LogP contribution is 2.42. The number of nitrogens with one attached hydrogen (secondary N) is 2. The number of hydrogen-bond acceptors (Lipinski definition) is 8. The van der Waals surface area contributed by atoms with E-state index < -0.39 is 11.9 Å². The molecule has 4 rings (SSSR count). The van der Waals surface area contributed by atoms with Gasteiger partial charge in [0.15, 0.2) is 16.7 Å². The molecule has 0 amide bonds. The van der Waals surface area contributed by atoms with Gasteiger partial charge in [-0.3, -0.25) is 4.79 Å². The fraction of sp³-hybridized carbons (Fsp3) is 0.269. The van der Waals surface area contributed by atoms with Crippen molar-refractivity contribution < 1.29 is 19.0 Å². The van der Waals surface area contributed by atoms with E-state index in [2.05, 4.69) is 15.3 Å². The van der Waals surface area contributed by atoms with Gasteiger partial charge in [0.05, 0.1) is 31.3 Å². The van der Waals surface area contributed by atoms with E-state index in [4.69, 9.17) is 14.2 Å². The minimum Gasteiger partial charge on any atom is -0.493 e. The van der Waals surface area contributed by atoms with Gasteiger partial charge in [0.25, 0.3) is 5.56 Å². The summed E-state index contributed by atoms with van der Waals surface area (Å²) >= 11 is 1.43. The highest BCUT2D eigenvalue weighted by Gasteiger charge is 2.36. The first kappa shape index (κ1) is 24.4. The quantitative estimate of drug-likeness (QED) is 0.269. The molecule has 1 atom stereocenters. The molecule has 0 aliphatic carbocycles. The third-order valence-corrected chi connectivity index (χ3v) is 6.42. The lowest BCUT2D eigenvalue weighted by Gasteiger charge is -2.29. The van der Waals surface area contributed by atoms with Gasteiger partial charge in [0, 0.05) is 5.70 Å². The Morgan fingerprint density at radius 3 is 2.57 bits per heavy atom. The van der Waals surface area contributed by atoms with Gasteiger partial charge in [-0.05, 0) is 35.9 Å². The molecule has 1 aliphatic heterocycles. The molecular weight excluding hydrogens is 466 g/mol. The molecule has 3 aromatic rings. The molecule has 0 fully saturated rings. The van der Waals surface area contributed by atoms with Crippen molar-refractivity contribution in [1.82, 2.24) is 9.97 Å². The van der Waals surface area contributed by atoms with E-state index in [0.29, 0.717) is 51.5 Å². The number of aromatic nitrogens is 2. The summed E-state index contributed by atoms with van der Waals surface area (Å²) in [7, 11) is 2.89. The monoisotopic (exact) mass is 493 g/mol. The number of rotatable bonds is 8. The third-order valence-electron chi connectivity index (χ3n) is 5.67. The largest absolute Gasteiger partial charge is 0.493 e. The van der Waals surface area contributed by atoms with Crippen LogP contribution in [0.3, 0.4) is 0 Å². The second kappa shape index (κ2) is 10.7. The van der Waals surface area contributed by atoms with Crippen molar-refractivity contribution in [1.29, 1.82) is 0 Å². The Bertz CT molecular complexity index is 1320. The number of H-pyrrole nitrogens is 1. The van der Waals surface area contributed by atoms with E-state index in [9.17, 15) is 9.59 Å². The van der Waals surface area contributed by atoms with Crippen LogP contribution in [0.1, 0.15) is 36.5 Å². The number of allylic oxidation sites excluding steroid dienone is 1. The Morgan fingerprint density at radius 1 is 1.11 bits per heavy atom. The number of anilines is 1. The highest BCUT2D eigenvalue weighted by atomic mass is 32.2. The molecule has 0 bridgehead atoms. The Labute approximate surface area is 207 Å². The summed E-state index contributed by atoms with van der Waals surface area (Å²) < 4.78 is 16.7. The van der Waals surface area contributed by atoms with Crippen LogP contribution >= 0.6 is 11.8 Å². The summed E-state index contributed by atoms with van der Waals surface area (Å²) in [5.74, 6) is 0.982. The van der Waals surface area contributed by atoms with Crippen molar-refractivity contribution >= 4 is 23.5 Å². The molecule has 1 unspecified atom stereocenters. The van der Waals surface area contributed by atoms with E-state index in [0.717, 1.165) is 11.3 Å². The number of nitrogens with zero attached hydrogens (tertiary/aromatic N) is 1. The maximum Gasteiger partial charge on any atom is 0.336 e. The van der Waals surface area contributed by atoms with Crippen LogP contribution in [0.15, 0.2) is 69.8 Å². The number of fused-ring (bicyclic) bond motifs is 1. The van der Waals surface area contributed by atoms with Gasteiger partial charge in [0.1, 0.15) is 12.4 Å². The molecule has 2 aromatic carbocycles. The van der Waals surface area contributed by atoms with Crippen LogP contribution in [-0.2, 0) is 16.1 Å². The molecule has 0 saturated heterocycles. The molecule has 1 aliphatic rings. The van der Waals surface area contributed by atoms with Gasteiger partial charge >= 0.3 is 5.97 Å². The van der Waals surface area contributed by atoms with Crippen LogP contribution in [0, 0.1) is 0 Å². The first-order valence-corrected chi connectivity index (χ1v) is 12.1. The predicted octanol–water partition coefficient (Wildman–Crippen LogP) is 4.47. The summed E-state index contributed by atoms with van der Waals surface area (Å²) in [5, 5.41) is 3.64. The average molecular weight is 494 g/mol. The number of methoxy groups -OCH3 is 2. The summed E-state index contributed by atoms with van der Waals surface area (Å²) in [5.41, 5.74) is 2.61. The van der Waals surface area contributed by atoms with Crippen molar-refractivity contribution in [2.75, 3.05) is 25.3 Å². The lowest BCUT2D eigenvalue weighted by molar-refractivity contribution is -0.136. The van der Waals surface area contributed by atoms with E-state index in [1.807, 2.05) is 43.3 Å². The van der Waals surface area contributed by atoms with Crippen LogP contribution < -0.4 is 20.3 Å². The topological polar surface area (TPSA) is 103 Å². The fourth-order valence-electron chi connectivity index (χ4n) is 4.07. The molecule has 8 nitrogen and oxygen atoms in total. The number of thioether (sulfide) groups is 1. The molecule has 0 saturated carbocycles. The number of carbonyl (C=O) groups excluding carboxylic acids is 1. The Hall–Kier alpha value is -3.72.